The molecular weight excluding hydrogens is 244 g/mol. The summed E-state index contributed by atoms with van der Waals surface area (Å²) in [4.78, 5) is 0. The third-order valence-electron chi connectivity index (χ3n) is 3.13. The average molecular weight is 257 g/mol. The Balaban J connectivity index is 2.43. The summed E-state index contributed by atoms with van der Waals surface area (Å²) in [5.41, 5.74) is 0.920. The Bertz CT molecular complexity index is 340. The van der Waals surface area contributed by atoms with Gasteiger partial charge < -0.3 is 10.2 Å². The average Bonchev–Trinajstić information content (AvgIpc) is 2.10. The van der Waals surface area contributed by atoms with E-state index in [4.69, 9.17) is 0 Å². The normalized spacial score (nSPS) is 19.0. The van der Waals surface area contributed by atoms with Gasteiger partial charge in [0.25, 0.3) is 0 Å². The van der Waals surface area contributed by atoms with Gasteiger partial charge in [-0.1, -0.05) is 22.4 Å². The molecule has 0 unspecified atom stereocenters. The molecule has 0 atom stereocenters. The van der Waals surface area contributed by atoms with Gasteiger partial charge in [0.2, 0.25) is 0 Å². The lowest BCUT2D eigenvalue weighted by molar-refractivity contribution is 0.119. The summed E-state index contributed by atoms with van der Waals surface area (Å²) in [6.07, 6.45) is 3.17. The van der Waals surface area contributed by atoms with E-state index in [9.17, 15) is 10.2 Å². The van der Waals surface area contributed by atoms with E-state index in [0.29, 0.717) is 0 Å². The molecule has 1 aromatic carbocycles. The number of aromatic hydroxyl groups is 1. The minimum Gasteiger partial charge on any atom is -0.508 e. The third kappa shape index (κ3) is 1.44. The number of halogens is 1. The molecule has 3 heteroatoms. The van der Waals surface area contributed by atoms with Crippen LogP contribution < -0.4 is 0 Å². The molecule has 2 rings (SSSR count). The Morgan fingerprint density at radius 2 is 2.07 bits per heavy atom. The fourth-order valence-corrected chi connectivity index (χ4v) is 2.70. The molecule has 2 N–H and O–H groups in total. The van der Waals surface area contributed by atoms with Crippen LogP contribution in [0.1, 0.15) is 24.8 Å². The summed E-state index contributed by atoms with van der Waals surface area (Å²) in [5.74, 6) is 0.267. The minimum absolute atomic E-state index is 0.114. The maximum Gasteiger partial charge on any atom is 0.115 e. The zero-order chi connectivity index (χ0) is 10.2. The van der Waals surface area contributed by atoms with Crippen LogP contribution in [0.5, 0.6) is 5.75 Å². The van der Waals surface area contributed by atoms with Crippen LogP contribution in [0.2, 0.25) is 0 Å². The van der Waals surface area contributed by atoms with Gasteiger partial charge in [-0.05, 0) is 36.6 Å². The Labute approximate surface area is 91.7 Å². The Hall–Kier alpha value is -0.540. The molecule has 0 radical (unpaired) electrons. The second kappa shape index (κ2) is 3.55. The largest absolute Gasteiger partial charge is 0.508 e. The summed E-state index contributed by atoms with van der Waals surface area (Å²) in [6, 6.07) is 5.23. The molecule has 1 aliphatic rings. The first kappa shape index (κ1) is 9.99. The summed E-state index contributed by atoms with van der Waals surface area (Å²) in [6.45, 7) is 0.162. The van der Waals surface area contributed by atoms with Crippen molar-refractivity contribution in [2.24, 2.45) is 0 Å². The van der Waals surface area contributed by atoms with Crippen LogP contribution in [-0.4, -0.2) is 16.8 Å². The standard InChI is InChI=1S/C11H13BrO2/c12-10-3-2-8(14)6-9(10)11(7-13)4-1-5-11/h2-3,6,13-14H,1,4-5,7H2. The highest BCUT2D eigenvalue weighted by Crippen LogP contribution is 2.46. The molecule has 1 aromatic rings. The summed E-state index contributed by atoms with van der Waals surface area (Å²) in [5, 5.41) is 18.8. The highest BCUT2D eigenvalue weighted by molar-refractivity contribution is 9.10. The van der Waals surface area contributed by atoms with Crippen LogP contribution >= 0.6 is 15.9 Å². The van der Waals surface area contributed by atoms with Gasteiger partial charge in [-0.2, -0.15) is 0 Å². The summed E-state index contributed by atoms with van der Waals surface area (Å²) in [7, 11) is 0. The predicted molar refractivity (Wildman–Crippen MR) is 58.4 cm³/mol. The number of rotatable bonds is 2. The minimum atomic E-state index is -0.114. The molecular formula is C11H13BrO2. The maximum absolute atomic E-state index is 9.41. The molecule has 1 aliphatic carbocycles. The van der Waals surface area contributed by atoms with E-state index >= 15 is 0 Å². The van der Waals surface area contributed by atoms with Crippen molar-refractivity contribution in [2.45, 2.75) is 24.7 Å². The van der Waals surface area contributed by atoms with Crippen molar-refractivity contribution < 1.29 is 10.2 Å². The van der Waals surface area contributed by atoms with Crippen molar-refractivity contribution in [1.82, 2.24) is 0 Å². The molecule has 0 heterocycles. The number of hydrogen-bond acceptors (Lipinski definition) is 2. The Kier molecular flexibility index (Phi) is 2.54. The quantitative estimate of drug-likeness (QED) is 0.854. The smallest absolute Gasteiger partial charge is 0.115 e. The zero-order valence-corrected chi connectivity index (χ0v) is 9.42. The highest BCUT2D eigenvalue weighted by atomic mass is 79.9. The van der Waals surface area contributed by atoms with Gasteiger partial charge in [0.15, 0.2) is 0 Å². The first-order chi connectivity index (χ1) is 6.68. The molecule has 0 spiro atoms. The van der Waals surface area contributed by atoms with Crippen molar-refractivity contribution >= 4 is 15.9 Å². The summed E-state index contributed by atoms with van der Waals surface area (Å²) < 4.78 is 0.976. The molecule has 76 valence electrons. The second-order valence-electron chi connectivity index (χ2n) is 3.96. The van der Waals surface area contributed by atoms with Gasteiger partial charge in [0.1, 0.15) is 5.75 Å². The molecule has 0 aromatic heterocycles. The molecule has 14 heavy (non-hydrogen) atoms. The van der Waals surface area contributed by atoms with E-state index in [-0.39, 0.29) is 17.8 Å². The van der Waals surface area contributed by atoms with Crippen LogP contribution in [0, 0.1) is 0 Å². The van der Waals surface area contributed by atoms with Crippen molar-refractivity contribution in [2.75, 3.05) is 6.61 Å². The number of aliphatic hydroxyl groups is 1. The van der Waals surface area contributed by atoms with E-state index in [2.05, 4.69) is 15.9 Å². The molecule has 1 saturated carbocycles. The Morgan fingerprint density at radius 3 is 2.57 bits per heavy atom. The van der Waals surface area contributed by atoms with E-state index in [1.165, 1.54) is 0 Å². The van der Waals surface area contributed by atoms with Crippen LogP contribution in [0.3, 0.4) is 0 Å². The lowest BCUT2D eigenvalue weighted by Gasteiger charge is -2.41. The predicted octanol–water partition coefficient (Wildman–Crippen LogP) is 2.57. The van der Waals surface area contributed by atoms with Gasteiger partial charge in [-0.3, -0.25) is 0 Å². The topological polar surface area (TPSA) is 40.5 Å². The van der Waals surface area contributed by atoms with Gasteiger partial charge in [0, 0.05) is 9.89 Å². The summed E-state index contributed by atoms with van der Waals surface area (Å²) >= 11 is 3.46. The first-order valence-corrected chi connectivity index (χ1v) is 5.57. The van der Waals surface area contributed by atoms with Crippen molar-refractivity contribution in [1.29, 1.82) is 0 Å². The number of phenols is 1. The molecule has 0 amide bonds. The molecule has 2 nitrogen and oxygen atoms in total. The van der Waals surface area contributed by atoms with Crippen LogP contribution in [0.25, 0.3) is 0 Å². The monoisotopic (exact) mass is 256 g/mol. The lowest BCUT2D eigenvalue weighted by Crippen LogP contribution is -2.38. The highest BCUT2D eigenvalue weighted by Gasteiger charge is 2.39. The van der Waals surface area contributed by atoms with E-state index < -0.39 is 0 Å². The molecule has 0 aliphatic heterocycles. The van der Waals surface area contributed by atoms with Crippen molar-refractivity contribution in [3.05, 3.63) is 28.2 Å². The van der Waals surface area contributed by atoms with Crippen molar-refractivity contribution in [3.63, 3.8) is 0 Å². The first-order valence-electron chi connectivity index (χ1n) is 4.78. The van der Waals surface area contributed by atoms with Crippen LogP contribution in [0.4, 0.5) is 0 Å². The number of hydrogen-bond donors (Lipinski definition) is 2. The fraction of sp³-hybridized carbons (Fsp3) is 0.455. The van der Waals surface area contributed by atoms with E-state index in [0.717, 1.165) is 29.3 Å². The second-order valence-corrected chi connectivity index (χ2v) is 4.81. The van der Waals surface area contributed by atoms with Crippen LogP contribution in [0.15, 0.2) is 22.7 Å². The number of aliphatic hydroxyl groups excluding tert-OH is 1. The zero-order valence-electron chi connectivity index (χ0n) is 7.83. The van der Waals surface area contributed by atoms with Crippen molar-refractivity contribution in [3.8, 4) is 5.75 Å². The number of benzene rings is 1. The fourth-order valence-electron chi connectivity index (χ4n) is 2.04. The van der Waals surface area contributed by atoms with E-state index in [1.807, 2.05) is 6.07 Å². The SMILES string of the molecule is OCC1(c2cc(O)ccc2Br)CCC1. The van der Waals surface area contributed by atoms with Gasteiger partial charge in [0.05, 0.1) is 6.61 Å². The molecule has 0 saturated heterocycles. The number of phenolic OH excluding ortho intramolecular Hbond substituents is 1. The Morgan fingerprint density at radius 1 is 1.36 bits per heavy atom. The van der Waals surface area contributed by atoms with Crippen LogP contribution in [-0.2, 0) is 5.41 Å². The van der Waals surface area contributed by atoms with Gasteiger partial charge in [-0.15, -0.1) is 0 Å². The third-order valence-corrected chi connectivity index (χ3v) is 3.83. The maximum atomic E-state index is 9.41. The van der Waals surface area contributed by atoms with Gasteiger partial charge >= 0.3 is 0 Å². The van der Waals surface area contributed by atoms with E-state index in [1.54, 1.807) is 12.1 Å². The molecule has 1 fully saturated rings. The lowest BCUT2D eigenvalue weighted by atomic mass is 9.65. The van der Waals surface area contributed by atoms with Gasteiger partial charge in [-0.25, -0.2) is 0 Å². The molecule has 0 bridgehead atoms.